The third-order valence-electron chi connectivity index (χ3n) is 3.76. The summed E-state index contributed by atoms with van der Waals surface area (Å²) in [5.41, 5.74) is 5.74. The van der Waals surface area contributed by atoms with Gasteiger partial charge >= 0.3 is 51.4 Å². The van der Waals surface area contributed by atoms with E-state index in [0.29, 0.717) is 11.1 Å². The average Bonchev–Trinajstić information content (AvgIpc) is 2.62. The van der Waals surface area contributed by atoms with E-state index < -0.39 is 0 Å². The molecule has 29 heavy (non-hydrogen) atoms. The van der Waals surface area contributed by atoms with E-state index in [1.165, 1.54) is 0 Å². The molecule has 0 aliphatic carbocycles. The number of nitriles is 2. The van der Waals surface area contributed by atoms with Crippen LogP contribution in [0.4, 0.5) is 0 Å². The number of thioether (sulfide) groups is 1. The quantitative estimate of drug-likeness (QED) is 0.298. The van der Waals surface area contributed by atoms with Crippen LogP contribution in [0, 0.1) is 50.4 Å². The Morgan fingerprint density at radius 2 is 1.28 bits per heavy atom. The van der Waals surface area contributed by atoms with E-state index in [9.17, 15) is 0 Å². The monoisotopic (exact) mass is 471 g/mol. The minimum Gasteiger partial charge on any atom is -0.870 e. The third kappa shape index (κ3) is 9.52. The van der Waals surface area contributed by atoms with E-state index in [-0.39, 0.29) is 58.3 Å². The molecule has 0 unspecified atom stereocenters. The molecule has 0 saturated heterocycles. The molecule has 2 aromatic carbocycles. The fraction of sp³-hybridized carbons (Fsp3) is 0.286. The van der Waals surface area contributed by atoms with Gasteiger partial charge in [-0.1, -0.05) is 24.0 Å². The number of nitrogens with zero attached hydrogens (tertiary/aromatic N) is 3. The number of rotatable bonds is 1. The molecule has 0 aliphatic rings. The van der Waals surface area contributed by atoms with Crippen LogP contribution >= 0.6 is 36.6 Å². The van der Waals surface area contributed by atoms with Crippen molar-refractivity contribution in [3.05, 3.63) is 57.6 Å². The van der Waals surface area contributed by atoms with E-state index in [1.54, 1.807) is 11.8 Å². The molecule has 0 radical (unpaired) electrons. The predicted octanol–water partition coefficient (Wildman–Crippen LogP) is 2.65. The van der Waals surface area contributed by atoms with Crippen molar-refractivity contribution in [2.45, 2.75) is 37.5 Å². The Bertz CT molecular complexity index is 907. The first-order valence-electron chi connectivity index (χ1n) is 8.21. The molecule has 0 bridgehead atoms. The van der Waals surface area contributed by atoms with Crippen LogP contribution in [0.3, 0.4) is 0 Å². The second-order valence-corrected chi connectivity index (χ2v) is 8.48. The first kappa shape index (κ1) is 30.8. The fourth-order valence-electron chi connectivity index (χ4n) is 2.37. The van der Waals surface area contributed by atoms with Crippen molar-refractivity contribution in [2.75, 3.05) is 14.1 Å². The van der Waals surface area contributed by atoms with E-state index in [4.69, 9.17) is 22.7 Å². The molecule has 8 heteroatoms. The molecule has 0 aliphatic heterocycles. The zero-order chi connectivity index (χ0) is 20.7. The molecule has 2 rings (SSSR count). The summed E-state index contributed by atoms with van der Waals surface area (Å²) in [7, 11) is 3.87. The van der Waals surface area contributed by atoms with Gasteiger partial charge in [0.25, 0.3) is 0 Å². The molecular formula is C21H26KN3OS3. The summed E-state index contributed by atoms with van der Waals surface area (Å²) in [4.78, 5) is 4.04. The Balaban J connectivity index is -0.000000465. The van der Waals surface area contributed by atoms with Gasteiger partial charge in [0.15, 0.2) is 0 Å². The number of hydrogen-bond acceptors (Lipinski definition) is 6. The molecule has 2 aromatic rings. The van der Waals surface area contributed by atoms with Gasteiger partial charge in [0.05, 0.1) is 23.3 Å². The fourth-order valence-corrected chi connectivity index (χ4v) is 3.55. The summed E-state index contributed by atoms with van der Waals surface area (Å²) < 4.78 is 0.830. The number of aryl methyl sites for hydroxylation is 4. The zero-order valence-corrected chi connectivity index (χ0v) is 23.5. The van der Waals surface area contributed by atoms with Crippen LogP contribution < -0.4 is 51.4 Å². The molecular weight excluding hydrogens is 446 g/mol. The van der Waals surface area contributed by atoms with E-state index in [1.807, 2.05) is 71.0 Å². The van der Waals surface area contributed by atoms with Crippen LogP contribution in [0.15, 0.2) is 34.1 Å². The van der Waals surface area contributed by atoms with Crippen molar-refractivity contribution in [1.29, 1.82) is 10.5 Å². The van der Waals surface area contributed by atoms with E-state index in [0.717, 1.165) is 36.4 Å². The second-order valence-electron chi connectivity index (χ2n) is 6.38. The van der Waals surface area contributed by atoms with Gasteiger partial charge in [-0.2, -0.15) is 10.5 Å². The number of thiocarbonyl (C=S) groups is 1. The van der Waals surface area contributed by atoms with Crippen molar-refractivity contribution < 1.29 is 58.3 Å². The molecule has 0 heterocycles. The van der Waals surface area contributed by atoms with Crippen molar-refractivity contribution in [3.8, 4) is 12.1 Å². The van der Waals surface area contributed by atoms with Crippen LogP contribution in [0.25, 0.3) is 0 Å². The molecule has 0 spiro atoms. The van der Waals surface area contributed by atoms with Gasteiger partial charge in [0.1, 0.15) is 4.32 Å². The van der Waals surface area contributed by atoms with Gasteiger partial charge < -0.3 is 10.4 Å². The van der Waals surface area contributed by atoms with Crippen molar-refractivity contribution in [1.82, 2.24) is 4.90 Å². The first-order chi connectivity index (χ1) is 12.6. The number of hydrogen-bond donors (Lipinski definition) is 1. The van der Waals surface area contributed by atoms with E-state index >= 15 is 0 Å². The minimum atomic E-state index is 0. The van der Waals surface area contributed by atoms with Gasteiger partial charge in [-0.3, -0.25) is 0 Å². The topological polar surface area (TPSA) is 80.8 Å². The largest absolute Gasteiger partial charge is 1.00 e. The van der Waals surface area contributed by atoms with Crippen molar-refractivity contribution in [3.63, 3.8) is 0 Å². The standard InChI is InChI=1S/C12H14N2S2.C9H9NS.K.H2O.H2/c1-8-5-10(7-13)6-9(2)11(8)16-12(15)14(3)4;1-6-3-8(5-10)4-7(2)9(6)11;;;/h5-6H,1-4H3;3-4,11H,1-2H3;;1H2;1H/q;;+1;;/p-1. The zero-order valence-electron chi connectivity index (χ0n) is 17.9. The summed E-state index contributed by atoms with van der Waals surface area (Å²) in [6, 6.07) is 11.7. The first-order valence-corrected chi connectivity index (χ1v) is 9.88. The summed E-state index contributed by atoms with van der Waals surface area (Å²) in [6.07, 6.45) is 0. The van der Waals surface area contributed by atoms with Crippen LogP contribution in [0.1, 0.15) is 34.8 Å². The van der Waals surface area contributed by atoms with Gasteiger partial charge in [-0.15, -0.1) is 12.6 Å². The molecule has 0 amide bonds. The minimum absolute atomic E-state index is 0. The average molecular weight is 472 g/mol. The van der Waals surface area contributed by atoms with Gasteiger partial charge in [0, 0.05) is 25.3 Å². The summed E-state index contributed by atoms with van der Waals surface area (Å²) in [5.74, 6) is 0. The smallest absolute Gasteiger partial charge is 0.870 e. The van der Waals surface area contributed by atoms with Crippen LogP contribution in [0.2, 0.25) is 0 Å². The Morgan fingerprint density at radius 1 is 0.931 bits per heavy atom. The SMILES string of the molecule is Cc1cc(C#N)cc(C)c1S.Cc1cc(C#N)cc(C)c1SC(=S)N(C)C.[HH].[K+].[OH-]. The number of thiol groups is 1. The Labute approximate surface area is 233 Å². The van der Waals surface area contributed by atoms with Crippen LogP contribution in [-0.4, -0.2) is 28.8 Å². The molecule has 1 N–H and O–H groups in total. The maximum atomic E-state index is 8.86. The third-order valence-corrected chi connectivity index (χ3v) is 6.47. The van der Waals surface area contributed by atoms with Gasteiger partial charge in [0.2, 0.25) is 0 Å². The van der Waals surface area contributed by atoms with E-state index in [2.05, 4.69) is 24.8 Å². The molecule has 0 saturated carbocycles. The Morgan fingerprint density at radius 3 is 1.59 bits per heavy atom. The Hall–Kier alpha value is -0.394. The van der Waals surface area contributed by atoms with Crippen LogP contribution in [-0.2, 0) is 0 Å². The number of benzene rings is 2. The molecule has 0 aromatic heterocycles. The maximum absolute atomic E-state index is 8.86. The summed E-state index contributed by atoms with van der Waals surface area (Å²) in [6.45, 7) is 7.93. The van der Waals surface area contributed by atoms with Gasteiger partial charge in [-0.25, -0.2) is 0 Å². The van der Waals surface area contributed by atoms with Crippen molar-refractivity contribution in [2.24, 2.45) is 0 Å². The summed E-state index contributed by atoms with van der Waals surface area (Å²) >= 11 is 11.1. The van der Waals surface area contributed by atoms with Crippen molar-refractivity contribution >= 4 is 40.9 Å². The molecule has 0 atom stereocenters. The maximum Gasteiger partial charge on any atom is 1.00 e. The van der Waals surface area contributed by atoms with Gasteiger partial charge in [-0.05, 0) is 74.2 Å². The normalized spacial score (nSPS) is 8.86. The Kier molecular flexibility index (Phi) is 15.5. The molecule has 0 fully saturated rings. The molecule has 150 valence electrons. The summed E-state index contributed by atoms with van der Waals surface area (Å²) in [5, 5.41) is 17.5. The molecule has 4 nitrogen and oxygen atoms in total. The predicted molar refractivity (Wildman–Crippen MR) is 125 cm³/mol. The van der Waals surface area contributed by atoms with Crippen LogP contribution in [0.5, 0.6) is 0 Å². The second kappa shape index (κ2) is 14.6.